The topological polar surface area (TPSA) is 70.8 Å². The summed E-state index contributed by atoms with van der Waals surface area (Å²) in [6, 6.07) is 5.02. The Bertz CT molecular complexity index is 588. The third-order valence-electron chi connectivity index (χ3n) is 2.91. The molecule has 19 heavy (non-hydrogen) atoms. The zero-order chi connectivity index (χ0) is 14.0. The Balaban J connectivity index is 2.16. The van der Waals surface area contributed by atoms with Gasteiger partial charge in [0.1, 0.15) is 6.26 Å². The highest BCUT2D eigenvalue weighted by Crippen LogP contribution is 2.25. The number of carboxylic acids is 1. The number of hydrogen-bond acceptors (Lipinski definition) is 4. The highest BCUT2D eigenvalue weighted by Gasteiger charge is 2.23. The van der Waals surface area contributed by atoms with Crippen LogP contribution in [0, 0.1) is 0 Å². The van der Waals surface area contributed by atoms with E-state index in [1.54, 1.807) is 18.4 Å². The van der Waals surface area contributed by atoms with Gasteiger partial charge in [0.05, 0.1) is 11.6 Å². The summed E-state index contributed by atoms with van der Waals surface area (Å²) in [5.41, 5.74) is -0.0273. The molecule has 100 valence electrons. The van der Waals surface area contributed by atoms with Crippen molar-refractivity contribution < 1.29 is 19.1 Å². The maximum absolute atomic E-state index is 12.2. The number of rotatable bonds is 4. The molecular formula is C13H13NO4S. The minimum atomic E-state index is -1.11. The summed E-state index contributed by atoms with van der Waals surface area (Å²) in [6.45, 7) is 1.91. The molecule has 2 aromatic heterocycles. The van der Waals surface area contributed by atoms with Crippen molar-refractivity contribution in [2.24, 2.45) is 0 Å². The lowest BCUT2D eigenvalue weighted by Crippen LogP contribution is -2.28. The van der Waals surface area contributed by atoms with E-state index in [9.17, 15) is 9.59 Å². The fourth-order valence-corrected chi connectivity index (χ4v) is 2.46. The predicted molar refractivity (Wildman–Crippen MR) is 70.5 cm³/mol. The molecule has 0 saturated carbocycles. The van der Waals surface area contributed by atoms with E-state index >= 15 is 0 Å². The molecule has 2 rings (SSSR count). The molecule has 1 atom stereocenters. The Labute approximate surface area is 114 Å². The average molecular weight is 279 g/mol. The quantitative estimate of drug-likeness (QED) is 0.934. The number of amides is 1. The van der Waals surface area contributed by atoms with Crippen molar-refractivity contribution in [2.75, 3.05) is 7.05 Å². The van der Waals surface area contributed by atoms with E-state index in [4.69, 9.17) is 9.52 Å². The molecule has 0 fully saturated rings. The van der Waals surface area contributed by atoms with E-state index < -0.39 is 5.97 Å². The number of nitrogens with zero attached hydrogens (tertiary/aromatic N) is 1. The van der Waals surface area contributed by atoms with Crippen molar-refractivity contribution in [3.05, 3.63) is 46.0 Å². The Kier molecular flexibility index (Phi) is 3.71. The summed E-state index contributed by atoms with van der Waals surface area (Å²) in [5, 5.41) is 10.7. The molecule has 2 aromatic rings. The maximum Gasteiger partial charge on any atom is 0.338 e. The largest absolute Gasteiger partial charge is 0.478 e. The fraction of sp³-hybridized carbons (Fsp3) is 0.231. The summed E-state index contributed by atoms with van der Waals surface area (Å²) < 4.78 is 5.01. The number of carbonyl (C=O) groups excluding carboxylic acids is 1. The third-order valence-corrected chi connectivity index (χ3v) is 3.96. The fourth-order valence-electron chi connectivity index (χ4n) is 1.63. The zero-order valence-electron chi connectivity index (χ0n) is 10.5. The second-order valence-electron chi connectivity index (χ2n) is 4.11. The monoisotopic (exact) mass is 279 g/mol. The Morgan fingerprint density at radius 2 is 2.21 bits per heavy atom. The predicted octanol–water partition coefficient (Wildman–Crippen LogP) is 2.87. The number of aromatic carboxylic acids is 1. The zero-order valence-corrected chi connectivity index (χ0v) is 11.3. The van der Waals surface area contributed by atoms with Gasteiger partial charge in [0.25, 0.3) is 5.91 Å². The van der Waals surface area contributed by atoms with Crippen molar-refractivity contribution in [2.45, 2.75) is 13.0 Å². The van der Waals surface area contributed by atoms with E-state index in [-0.39, 0.29) is 23.3 Å². The van der Waals surface area contributed by atoms with Gasteiger partial charge in [-0.25, -0.2) is 4.79 Å². The van der Waals surface area contributed by atoms with Crippen LogP contribution in [0.5, 0.6) is 0 Å². The molecule has 0 aliphatic carbocycles. The van der Waals surface area contributed by atoms with Crippen LogP contribution in [-0.2, 0) is 0 Å². The van der Waals surface area contributed by atoms with Crippen LogP contribution in [0.2, 0.25) is 0 Å². The molecule has 0 aromatic carbocycles. The lowest BCUT2D eigenvalue weighted by Gasteiger charge is -2.22. The van der Waals surface area contributed by atoms with Crippen LogP contribution in [0.3, 0.4) is 0 Å². The Hall–Kier alpha value is -2.08. The van der Waals surface area contributed by atoms with E-state index in [0.717, 1.165) is 11.1 Å². The lowest BCUT2D eigenvalue weighted by atomic mass is 10.2. The first-order valence-electron chi connectivity index (χ1n) is 5.63. The number of furan rings is 1. The maximum atomic E-state index is 12.2. The molecule has 0 saturated heterocycles. The molecule has 0 aliphatic heterocycles. The number of thiophene rings is 1. The van der Waals surface area contributed by atoms with E-state index in [2.05, 4.69) is 0 Å². The van der Waals surface area contributed by atoms with Crippen molar-refractivity contribution >= 4 is 23.2 Å². The lowest BCUT2D eigenvalue weighted by molar-refractivity contribution is 0.0692. The summed E-state index contributed by atoms with van der Waals surface area (Å²) in [6.07, 6.45) is 1.07. The van der Waals surface area contributed by atoms with Crippen LogP contribution in [0.4, 0.5) is 0 Å². The van der Waals surface area contributed by atoms with Crippen LogP contribution in [0.15, 0.2) is 34.3 Å². The molecule has 2 heterocycles. The molecule has 0 spiro atoms. The van der Waals surface area contributed by atoms with Gasteiger partial charge in [-0.2, -0.15) is 0 Å². The van der Waals surface area contributed by atoms with Crippen LogP contribution >= 0.6 is 11.3 Å². The molecule has 5 nitrogen and oxygen atoms in total. The van der Waals surface area contributed by atoms with Gasteiger partial charge in [-0.3, -0.25) is 4.79 Å². The number of carboxylic acid groups (broad SMARTS) is 1. The minimum absolute atomic E-state index is 0.0273. The molecule has 1 N–H and O–H groups in total. The van der Waals surface area contributed by atoms with Gasteiger partial charge in [-0.15, -0.1) is 11.3 Å². The first-order valence-corrected chi connectivity index (χ1v) is 6.51. The van der Waals surface area contributed by atoms with Crippen molar-refractivity contribution in [1.29, 1.82) is 0 Å². The smallest absolute Gasteiger partial charge is 0.338 e. The SMILES string of the molecule is CC(c1cccs1)N(C)C(=O)c1cc(C(=O)O)co1. The molecule has 0 aliphatic rings. The molecule has 1 unspecified atom stereocenters. The highest BCUT2D eigenvalue weighted by atomic mass is 32.1. The van der Waals surface area contributed by atoms with Crippen LogP contribution in [0.1, 0.15) is 38.8 Å². The highest BCUT2D eigenvalue weighted by molar-refractivity contribution is 7.10. The van der Waals surface area contributed by atoms with Crippen molar-refractivity contribution in [3.63, 3.8) is 0 Å². The first-order chi connectivity index (χ1) is 9.00. The van der Waals surface area contributed by atoms with Gasteiger partial charge in [0.2, 0.25) is 0 Å². The first kappa shape index (κ1) is 13.4. The summed E-state index contributed by atoms with van der Waals surface area (Å²) >= 11 is 1.56. The summed E-state index contributed by atoms with van der Waals surface area (Å²) in [7, 11) is 1.66. The third kappa shape index (κ3) is 2.68. The van der Waals surface area contributed by atoms with Gasteiger partial charge in [-0.05, 0) is 18.4 Å². The van der Waals surface area contributed by atoms with Gasteiger partial charge in [0.15, 0.2) is 5.76 Å². The van der Waals surface area contributed by atoms with E-state index in [1.165, 1.54) is 11.0 Å². The van der Waals surface area contributed by atoms with Crippen molar-refractivity contribution in [3.8, 4) is 0 Å². The van der Waals surface area contributed by atoms with E-state index in [0.29, 0.717) is 0 Å². The molecule has 1 amide bonds. The molecule has 0 bridgehead atoms. The molecule has 6 heteroatoms. The summed E-state index contributed by atoms with van der Waals surface area (Å²) in [4.78, 5) is 25.5. The number of carbonyl (C=O) groups is 2. The van der Waals surface area contributed by atoms with Crippen LogP contribution < -0.4 is 0 Å². The Morgan fingerprint density at radius 3 is 2.74 bits per heavy atom. The van der Waals surface area contributed by atoms with Crippen LogP contribution in [0.25, 0.3) is 0 Å². The van der Waals surface area contributed by atoms with Gasteiger partial charge >= 0.3 is 5.97 Å². The van der Waals surface area contributed by atoms with Crippen LogP contribution in [-0.4, -0.2) is 28.9 Å². The molecular weight excluding hydrogens is 266 g/mol. The second kappa shape index (κ2) is 5.27. The Morgan fingerprint density at radius 1 is 1.47 bits per heavy atom. The number of hydrogen-bond donors (Lipinski definition) is 1. The standard InChI is InChI=1S/C13H13NO4S/c1-8(11-4-3-5-19-11)14(2)12(15)10-6-9(7-18-10)13(16)17/h3-8H,1-2H3,(H,16,17). The van der Waals surface area contributed by atoms with Crippen molar-refractivity contribution in [1.82, 2.24) is 4.90 Å². The van der Waals surface area contributed by atoms with Gasteiger partial charge < -0.3 is 14.4 Å². The summed E-state index contributed by atoms with van der Waals surface area (Å²) in [5.74, 6) is -1.42. The minimum Gasteiger partial charge on any atom is -0.478 e. The average Bonchev–Trinajstić information content (AvgIpc) is 3.06. The second-order valence-corrected chi connectivity index (χ2v) is 5.09. The normalized spacial score (nSPS) is 12.1. The molecule has 0 radical (unpaired) electrons. The van der Waals surface area contributed by atoms with E-state index in [1.807, 2.05) is 24.4 Å². The van der Waals surface area contributed by atoms with Gasteiger partial charge in [-0.1, -0.05) is 6.07 Å². The van der Waals surface area contributed by atoms with Gasteiger partial charge in [0, 0.05) is 18.0 Å².